The Morgan fingerprint density at radius 2 is 1.80 bits per heavy atom. The summed E-state index contributed by atoms with van der Waals surface area (Å²) in [7, 11) is 0. The molecule has 0 aromatic heterocycles. The summed E-state index contributed by atoms with van der Waals surface area (Å²) < 4.78 is 0. The molecule has 45 heavy (non-hydrogen) atoms. The third kappa shape index (κ3) is 6.31. The van der Waals surface area contributed by atoms with Crippen LogP contribution in [0.1, 0.15) is 76.6 Å². The van der Waals surface area contributed by atoms with E-state index in [0.29, 0.717) is 18.2 Å². The van der Waals surface area contributed by atoms with Crippen LogP contribution < -0.4 is 0 Å². The molecule has 228 valence electrons. The predicted molar refractivity (Wildman–Crippen MR) is 197 cm³/mol. The zero-order valence-electron chi connectivity index (χ0n) is 27.7. The Bertz CT molecular complexity index is 1860. The lowest BCUT2D eigenvalue weighted by atomic mass is 9.79. The van der Waals surface area contributed by atoms with Gasteiger partial charge in [-0.2, -0.15) is 0 Å². The van der Waals surface area contributed by atoms with Gasteiger partial charge in [-0.05, 0) is 90.1 Å². The van der Waals surface area contributed by atoms with Crippen LogP contribution in [0, 0.1) is 5.92 Å². The lowest BCUT2D eigenvalue weighted by Crippen LogP contribution is -2.17. The van der Waals surface area contributed by atoms with Crippen LogP contribution in [0.25, 0.3) is 16.3 Å². The molecule has 1 unspecified atom stereocenters. The monoisotopic (exact) mass is 591 g/mol. The van der Waals surface area contributed by atoms with Gasteiger partial charge < -0.3 is 0 Å². The molecule has 1 atom stereocenters. The average Bonchev–Trinajstić information content (AvgIpc) is 3.27. The van der Waals surface area contributed by atoms with Gasteiger partial charge in [-0.3, -0.25) is 4.99 Å². The molecule has 0 N–H and O–H groups in total. The lowest BCUT2D eigenvalue weighted by molar-refractivity contribution is 0.648. The number of hydrogen-bond donors (Lipinski definition) is 0. The molecular weight excluding hydrogens is 546 g/mol. The highest BCUT2D eigenvalue weighted by Crippen LogP contribution is 2.51. The molecule has 3 aromatic carbocycles. The van der Waals surface area contributed by atoms with Crippen LogP contribution in [-0.4, -0.2) is 18.4 Å². The highest BCUT2D eigenvalue weighted by atomic mass is 15.0. The molecule has 0 amide bonds. The summed E-state index contributed by atoms with van der Waals surface area (Å²) in [6.45, 7) is 21.7. The Hall–Kier alpha value is -4.63. The molecule has 0 saturated heterocycles. The number of hydrogen-bond acceptors (Lipinski definition) is 1. The maximum atomic E-state index is 5.23. The molecule has 3 aromatic rings. The first-order valence-electron chi connectivity index (χ1n) is 16.0. The van der Waals surface area contributed by atoms with Crippen molar-refractivity contribution < 1.29 is 0 Å². The zero-order chi connectivity index (χ0) is 32.1. The maximum absolute atomic E-state index is 5.23. The minimum absolute atomic E-state index is 0.0260. The molecule has 3 heteroatoms. The van der Waals surface area contributed by atoms with E-state index in [2.05, 4.69) is 126 Å². The van der Waals surface area contributed by atoms with Gasteiger partial charge >= 0.3 is 0 Å². The van der Waals surface area contributed by atoms with Crippen molar-refractivity contribution in [3.05, 3.63) is 148 Å². The molecule has 0 heterocycles. The second-order valence-electron chi connectivity index (χ2n) is 12.5. The fourth-order valence-corrected chi connectivity index (χ4v) is 6.76. The van der Waals surface area contributed by atoms with Gasteiger partial charge in [0.1, 0.15) is 5.84 Å². The van der Waals surface area contributed by atoms with Gasteiger partial charge in [0.05, 0.1) is 6.54 Å². The summed E-state index contributed by atoms with van der Waals surface area (Å²) in [6.07, 6.45) is 14.9. The van der Waals surface area contributed by atoms with Crippen molar-refractivity contribution in [3.8, 4) is 0 Å². The topological polar surface area (TPSA) is 37.1 Å². The number of rotatable bonds is 8. The SMILES string of the molecule is C=C\C=C(C(/C=C\C)=C\C)\C(C)C(/N=C(\N=C)c1cccc2ccccc12)=N/Cc1ccc2c(c1)C(C)(C)C1=C2CCC(C)=C1. The summed E-state index contributed by atoms with van der Waals surface area (Å²) in [5.74, 6) is 1.15. The van der Waals surface area contributed by atoms with Crippen LogP contribution in [-0.2, 0) is 12.0 Å². The Morgan fingerprint density at radius 1 is 1.02 bits per heavy atom. The first-order chi connectivity index (χ1) is 21.7. The van der Waals surface area contributed by atoms with Crippen LogP contribution in [0.2, 0.25) is 0 Å². The van der Waals surface area contributed by atoms with E-state index in [1.54, 1.807) is 0 Å². The number of amidine groups is 2. The van der Waals surface area contributed by atoms with Crippen molar-refractivity contribution in [1.29, 1.82) is 0 Å². The van der Waals surface area contributed by atoms with Crippen molar-refractivity contribution in [2.75, 3.05) is 0 Å². The van der Waals surface area contributed by atoms with E-state index in [9.17, 15) is 0 Å². The highest BCUT2D eigenvalue weighted by molar-refractivity contribution is 6.15. The molecule has 0 fully saturated rings. The van der Waals surface area contributed by atoms with Gasteiger partial charge in [0.15, 0.2) is 5.84 Å². The predicted octanol–water partition coefficient (Wildman–Crippen LogP) is 10.9. The molecule has 0 spiro atoms. The Morgan fingerprint density at radius 3 is 2.53 bits per heavy atom. The van der Waals surface area contributed by atoms with Crippen LogP contribution in [0.3, 0.4) is 0 Å². The first kappa shape index (κ1) is 31.8. The molecule has 0 bridgehead atoms. The van der Waals surface area contributed by atoms with Gasteiger partial charge in [0.2, 0.25) is 0 Å². The van der Waals surface area contributed by atoms with E-state index < -0.39 is 0 Å². The van der Waals surface area contributed by atoms with E-state index in [0.717, 1.165) is 40.3 Å². The smallest absolute Gasteiger partial charge is 0.161 e. The lowest BCUT2D eigenvalue weighted by Gasteiger charge is -2.25. The molecule has 0 aliphatic heterocycles. The third-order valence-electron chi connectivity index (χ3n) is 9.21. The largest absolute Gasteiger partial charge is 0.265 e. The van der Waals surface area contributed by atoms with Crippen molar-refractivity contribution in [2.45, 2.75) is 66.3 Å². The Labute approximate surface area is 269 Å². The van der Waals surface area contributed by atoms with Crippen molar-refractivity contribution in [3.63, 3.8) is 0 Å². The van der Waals surface area contributed by atoms with Gasteiger partial charge in [-0.1, -0.05) is 130 Å². The van der Waals surface area contributed by atoms with Gasteiger partial charge in [0.25, 0.3) is 0 Å². The number of allylic oxidation sites excluding steroid dienone is 10. The first-order valence-corrected chi connectivity index (χ1v) is 16.0. The quantitative estimate of drug-likeness (QED) is 0.142. The summed E-state index contributed by atoms with van der Waals surface area (Å²) in [5, 5.41) is 2.22. The summed E-state index contributed by atoms with van der Waals surface area (Å²) in [5.41, 5.74) is 11.5. The molecular formula is C42H45N3. The number of fused-ring (bicyclic) bond motifs is 3. The number of aliphatic imine (C=N–C) groups is 3. The minimum Gasteiger partial charge on any atom is -0.265 e. The van der Waals surface area contributed by atoms with E-state index in [4.69, 9.17) is 9.98 Å². The van der Waals surface area contributed by atoms with E-state index >= 15 is 0 Å². The maximum Gasteiger partial charge on any atom is 0.161 e. The zero-order valence-corrected chi connectivity index (χ0v) is 27.7. The van der Waals surface area contributed by atoms with E-state index in [-0.39, 0.29) is 11.3 Å². The van der Waals surface area contributed by atoms with Crippen LogP contribution in [0.15, 0.2) is 141 Å². The van der Waals surface area contributed by atoms with E-state index in [1.165, 1.54) is 33.4 Å². The van der Waals surface area contributed by atoms with Crippen molar-refractivity contribution >= 4 is 34.7 Å². The summed E-state index contributed by atoms with van der Waals surface area (Å²) >= 11 is 0. The molecule has 2 aliphatic carbocycles. The number of benzene rings is 3. The van der Waals surface area contributed by atoms with Crippen LogP contribution in [0.4, 0.5) is 0 Å². The summed E-state index contributed by atoms with van der Waals surface area (Å²) in [6, 6.07) is 21.4. The summed E-state index contributed by atoms with van der Waals surface area (Å²) in [4.78, 5) is 14.9. The molecule has 0 saturated carbocycles. The molecule has 3 nitrogen and oxygen atoms in total. The standard InChI is InChI=1S/C42H45N3/c1-9-15-31(11-3)33(16-10-2)29(5)40(45-41(43-8)37-20-14-18-32-17-12-13-19-34(32)37)44-27-30-22-24-36-35-23-21-28(4)25-38(35)42(6,7)39(36)26-30/h9-20,22,24-26,29H,2,8,21,23,27H2,1,3-7H3/b15-9-,31-11-,33-16-,44-40-,45-41-. The van der Waals surface area contributed by atoms with Crippen molar-refractivity contribution in [1.82, 2.24) is 0 Å². The third-order valence-corrected chi connectivity index (χ3v) is 9.21. The van der Waals surface area contributed by atoms with Gasteiger partial charge in [-0.25, -0.2) is 9.98 Å². The Kier molecular flexibility index (Phi) is 9.58. The van der Waals surface area contributed by atoms with E-state index in [1.807, 2.05) is 31.2 Å². The van der Waals surface area contributed by atoms with Crippen LogP contribution >= 0.6 is 0 Å². The normalized spacial score (nSPS) is 17.8. The van der Waals surface area contributed by atoms with Gasteiger partial charge in [-0.15, -0.1) is 0 Å². The molecule has 2 aliphatic rings. The average molecular weight is 592 g/mol. The molecule has 5 rings (SSSR count). The second-order valence-corrected chi connectivity index (χ2v) is 12.5. The van der Waals surface area contributed by atoms with Gasteiger partial charge in [0, 0.05) is 16.9 Å². The second kappa shape index (κ2) is 13.6. The minimum atomic E-state index is -0.120. The fourth-order valence-electron chi connectivity index (χ4n) is 6.76. The number of nitrogens with zero attached hydrogens (tertiary/aromatic N) is 3. The Balaban J connectivity index is 1.60. The van der Waals surface area contributed by atoms with Crippen LogP contribution in [0.5, 0.6) is 0 Å². The highest BCUT2D eigenvalue weighted by Gasteiger charge is 2.37. The molecule has 0 radical (unpaired) electrons. The van der Waals surface area contributed by atoms with Crippen molar-refractivity contribution in [2.24, 2.45) is 20.9 Å². The fraction of sp³-hybridized carbons (Fsp3) is 0.262.